The number of rotatable bonds is 3. The van der Waals surface area contributed by atoms with Crippen molar-refractivity contribution in [1.29, 1.82) is 0 Å². The molecule has 0 aromatic carbocycles. The Hall–Kier alpha value is -0.450. The quantitative estimate of drug-likeness (QED) is 0.856. The fourth-order valence-corrected chi connectivity index (χ4v) is 3.10. The van der Waals surface area contributed by atoms with Gasteiger partial charge in [-0.2, -0.15) is 0 Å². The number of ether oxygens (including phenoxy) is 1. The highest BCUT2D eigenvalue weighted by atomic mass is 32.1. The van der Waals surface area contributed by atoms with Gasteiger partial charge in [-0.15, -0.1) is 11.3 Å². The van der Waals surface area contributed by atoms with Crippen molar-refractivity contribution in [2.45, 2.75) is 32.8 Å². The largest absolute Gasteiger partial charge is 0.396 e. The van der Waals surface area contributed by atoms with Gasteiger partial charge in [-0.05, 0) is 26.7 Å². The Kier molecular flexibility index (Phi) is 3.09. The van der Waals surface area contributed by atoms with Gasteiger partial charge in [0.15, 0.2) is 0 Å². The summed E-state index contributed by atoms with van der Waals surface area (Å²) in [7, 11) is 0. The zero-order valence-corrected chi connectivity index (χ0v) is 10.0. The molecule has 0 radical (unpaired) electrons. The van der Waals surface area contributed by atoms with E-state index in [0.29, 0.717) is 0 Å². The molecular weight excluding hydrogens is 210 g/mol. The van der Waals surface area contributed by atoms with E-state index in [-0.39, 0.29) is 18.1 Å². The van der Waals surface area contributed by atoms with Crippen molar-refractivity contribution in [3.63, 3.8) is 0 Å². The van der Waals surface area contributed by atoms with Crippen LogP contribution in [-0.4, -0.2) is 29.4 Å². The molecule has 0 spiro atoms. The number of hydrogen-bond acceptors (Lipinski definition) is 4. The second-order valence-electron chi connectivity index (χ2n) is 4.31. The number of aliphatic hydroxyl groups excluding tert-OH is 1. The number of hydrogen-bond donors (Lipinski definition) is 1. The molecule has 0 amide bonds. The molecule has 2 heterocycles. The Labute approximate surface area is 94.1 Å². The summed E-state index contributed by atoms with van der Waals surface area (Å²) in [6, 6.07) is 0. The van der Waals surface area contributed by atoms with Gasteiger partial charge in [0.1, 0.15) is 0 Å². The van der Waals surface area contributed by atoms with Crippen LogP contribution in [0.4, 0.5) is 0 Å². The maximum absolute atomic E-state index is 9.56. The van der Waals surface area contributed by atoms with E-state index < -0.39 is 0 Å². The van der Waals surface area contributed by atoms with E-state index in [1.54, 1.807) is 11.3 Å². The Balaban J connectivity index is 2.14. The maximum atomic E-state index is 9.56. The van der Waals surface area contributed by atoms with Crippen LogP contribution in [0, 0.1) is 12.3 Å². The van der Waals surface area contributed by atoms with Crippen LogP contribution in [0.1, 0.15) is 23.2 Å². The minimum Gasteiger partial charge on any atom is -0.396 e. The lowest BCUT2D eigenvalue weighted by molar-refractivity contribution is 0.0276. The SMILES string of the molecule is Cc1ncc(CC2(CO)CCOC2C)s1. The van der Waals surface area contributed by atoms with Gasteiger partial charge < -0.3 is 9.84 Å². The molecule has 84 valence electrons. The first kappa shape index (κ1) is 11.0. The molecule has 2 rings (SSSR count). The monoisotopic (exact) mass is 227 g/mol. The highest BCUT2D eigenvalue weighted by Gasteiger charge is 2.41. The first-order valence-electron chi connectivity index (χ1n) is 5.30. The Morgan fingerprint density at radius 1 is 1.73 bits per heavy atom. The third-order valence-corrected chi connectivity index (χ3v) is 4.25. The molecule has 4 heteroatoms. The van der Waals surface area contributed by atoms with E-state index >= 15 is 0 Å². The fraction of sp³-hybridized carbons (Fsp3) is 0.727. The summed E-state index contributed by atoms with van der Waals surface area (Å²) in [4.78, 5) is 5.49. The number of aliphatic hydroxyl groups is 1. The highest BCUT2D eigenvalue weighted by Crippen LogP contribution is 2.38. The van der Waals surface area contributed by atoms with E-state index in [9.17, 15) is 5.11 Å². The summed E-state index contributed by atoms with van der Waals surface area (Å²) in [5.41, 5.74) is -0.0844. The van der Waals surface area contributed by atoms with Crippen molar-refractivity contribution in [2.75, 3.05) is 13.2 Å². The maximum Gasteiger partial charge on any atom is 0.0896 e. The van der Waals surface area contributed by atoms with E-state index in [1.807, 2.05) is 13.1 Å². The molecule has 2 unspecified atom stereocenters. The van der Waals surface area contributed by atoms with Gasteiger partial charge in [-0.3, -0.25) is 0 Å². The zero-order chi connectivity index (χ0) is 10.9. The fourth-order valence-electron chi connectivity index (χ4n) is 2.15. The molecule has 1 saturated heterocycles. The molecule has 1 aromatic heterocycles. The second-order valence-corrected chi connectivity index (χ2v) is 5.63. The summed E-state index contributed by atoms with van der Waals surface area (Å²) < 4.78 is 5.56. The van der Waals surface area contributed by atoms with Crippen LogP contribution < -0.4 is 0 Å². The Morgan fingerprint density at radius 2 is 2.53 bits per heavy atom. The van der Waals surface area contributed by atoms with E-state index in [1.165, 1.54) is 4.88 Å². The number of aromatic nitrogens is 1. The predicted octanol–water partition coefficient (Wildman–Crippen LogP) is 1.78. The van der Waals surface area contributed by atoms with E-state index in [4.69, 9.17) is 4.74 Å². The highest BCUT2D eigenvalue weighted by molar-refractivity contribution is 7.11. The van der Waals surface area contributed by atoms with Crippen LogP contribution in [0.3, 0.4) is 0 Å². The van der Waals surface area contributed by atoms with Crippen LogP contribution in [0.5, 0.6) is 0 Å². The minimum atomic E-state index is -0.0844. The molecule has 15 heavy (non-hydrogen) atoms. The van der Waals surface area contributed by atoms with Gasteiger partial charge in [0.25, 0.3) is 0 Å². The van der Waals surface area contributed by atoms with Crippen molar-refractivity contribution in [1.82, 2.24) is 4.98 Å². The molecule has 2 atom stereocenters. The number of thiazole rings is 1. The third-order valence-electron chi connectivity index (χ3n) is 3.34. The van der Waals surface area contributed by atoms with Crippen LogP contribution in [-0.2, 0) is 11.2 Å². The van der Waals surface area contributed by atoms with Crippen LogP contribution in [0.15, 0.2) is 6.20 Å². The number of aryl methyl sites for hydroxylation is 1. The standard InChI is InChI=1S/C11H17NO2S/c1-8-11(7-13,3-4-14-8)5-10-6-12-9(2)15-10/h6,8,13H,3-5,7H2,1-2H3. The van der Waals surface area contributed by atoms with Crippen molar-refractivity contribution < 1.29 is 9.84 Å². The molecule has 1 aliphatic heterocycles. The first-order chi connectivity index (χ1) is 7.16. The Bertz CT molecular complexity index is 339. The van der Waals surface area contributed by atoms with Gasteiger partial charge in [0.2, 0.25) is 0 Å². The number of nitrogens with zero attached hydrogens (tertiary/aromatic N) is 1. The molecule has 1 fully saturated rings. The van der Waals surface area contributed by atoms with E-state index in [2.05, 4.69) is 11.9 Å². The molecule has 0 bridgehead atoms. The van der Waals surface area contributed by atoms with Gasteiger partial charge >= 0.3 is 0 Å². The lowest BCUT2D eigenvalue weighted by atomic mass is 9.79. The molecule has 1 aliphatic rings. The van der Waals surface area contributed by atoms with Crippen LogP contribution in [0.2, 0.25) is 0 Å². The van der Waals surface area contributed by atoms with Crippen molar-refractivity contribution in [2.24, 2.45) is 5.41 Å². The molecular formula is C11H17NO2S. The van der Waals surface area contributed by atoms with Crippen molar-refractivity contribution in [3.8, 4) is 0 Å². The van der Waals surface area contributed by atoms with Crippen LogP contribution >= 0.6 is 11.3 Å². The lowest BCUT2D eigenvalue weighted by Crippen LogP contribution is -2.34. The van der Waals surface area contributed by atoms with Gasteiger partial charge in [-0.25, -0.2) is 4.98 Å². The normalized spacial score (nSPS) is 31.0. The van der Waals surface area contributed by atoms with Crippen molar-refractivity contribution in [3.05, 3.63) is 16.1 Å². The topological polar surface area (TPSA) is 42.4 Å². The van der Waals surface area contributed by atoms with Gasteiger partial charge in [-0.1, -0.05) is 0 Å². The first-order valence-corrected chi connectivity index (χ1v) is 6.12. The average Bonchev–Trinajstić information content (AvgIpc) is 2.76. The summed E-state index contributed by atoms with van der Waals surface area (Å²) in [6.45, 7) is 5.02. The Morgan fingerprint density at radius 3 is 3.00 bits per heavy atom. The van der Waals surface area contributed by atoms with Crippen molar-refractivity contribution >= 4 is 11.3 Å². The minimum absolute atomic E-state index is 0.0844. The molecule has 0 aliphatic carbocycles. The van der Waals surface area contributed by atoms with Gasteiger partial charge in [0, 0.05) is 23.1 Å². The summed E-state index contributed by atoms with van der Waals surface area (Å²) in [6.07, 6.45) is 3.89. The zero-order valence-electron chi connectivity index (χ0n) is 9.19. The van der Waals surface area contributed by atoms with Gasteiger partial charge in [0.05, 0.1) is 17.7 Å². The lowest BCUT2D eigenvalue weighted by Gasteiger charge is -2.29. The summed E-state index contributed by atoms with van der Waals surface area (Å²) >= 11 is 1.71. The summed E-state index contributed by atoms with van der Waals surface area (Å²) in [5.74, 6) is 0. The smallest absolute Gasteiger partial charge is 0.0896 e. The molecule has 3 nitrogen and oxygen atoms in total. The third kappa shape index (κ3) is 2.07. The molecule has 1 N–H and O–H groups in total. The second kappa shape index (κ2) is 4.20. The van der Waals surface area contributed by atoms with Crippen LogP contribution in [0.25, 0.3) is 0 Å². The molecule has 1 aromatic rings. The summed E-state index contributed by atoms with van der Waals surface area (Å²) in [5, 5.41) is 10.6. The predicted molar refractivity (Wildman–Crippen MR) is 60.1 cm³/mol. The van der Waals surface area contributed by atoms with E-state index in [0.717, 1.165) is 24.5 Å². The average molecular weight is 227 g/mol. The molecule has 0 saturated carbocycles.